The summed E-state index contributed by atoms with van der Waals surface area (Å²) >= 11 is 0. The fraction of sp³-hybridized carbons (Fsp3) is 0.387. The number of benzene rings is 2. The average Bonchev–Trinajstić information content (AvgIpc) is 2.91. The smallest absolute Gasteiger partial charge is 0.336 e. The van der Waals surface area contributed by atoms with Gasteiger partial charge >= 0.3 is 11.9 Å². The Bertz CT molecular complexity index is 1320. The van der Waals surface area contributed by atoms with Crippen LogP contribution in [0.25, 0.3) is 0 Å². The van der Waals surface area contributed by atoms with Crippen LogP contribution in [0, 0.1) is 0 Å². The second kappa shape index (κ2) is 12.2. The van der Waals surface area contributed by atoms with Gasteiger partial charge in [0.2, 0.25) is 0 Å². The molecule has 206 valence electrons. The lowest BCUT2D eigenvalue weighted by Crippen LogP contribution is -2.36. The van der Waals surface area contributed by atoms with E-state index in [-0.39, 0.29) is 24.1 Å². The lowest BCUT2D eigenvalue weighted by molar-refractivity contribution is -0.139. The molecule has 2 unspecified atom stereocenters. The summed E-state index contributed by atoms with van der Waals surface area (Å²) in [6.45, 7) is 7.53. The Hall–Kier alpha value is -4.07. The van der Waals surface area contributed by atoms with E-state index in [1.54, 1.807) is 25.3 Å². The number of carbonyl (C=O) groups excluding carboxylic acids is 3. The first-order valence-corrected chi connectivity index (χ1v) is 13.3. The number of hydrogen-bond donors (Lipinski definition) is 1. The largest absolute Gasteiger partial charge is 0.497 e. The standard InChI is InChI=1S/C31H35NO7/c1-6-14-38-31(35)28-18(3)32-24-15-22(20-8-11-23(36-5)12-9-20)16-25(34)30(24)29(28)21-10-13-26(39-19(4)33)27(17-21)37-7-2/h8-13,17,22,29,32H,6-7,14-16H2,1-5H3. The third kappa shape index (κ3) is 6.00. The molecule has 1 heterocycles. The number of hydrogen-bond acceptors (Lipinski definition) is 8. The molecule has 1 N–H and O–H groups in total. The van der Waals surface area contributed by atoms with Gasteiger partial charge in [0.15, 0.2) is 17.3 Å². The number of allylic oxidation sites excluding steroid dienone is 3. The molecule has 0 spiro atoms. The monoisotopic (exact) mass is 533 g/mol. The molecule has 0 radical (unpaired) electrons. The van der Waals surface area contributed by atoms with Gasteiger partial charge in [0.05, 0.1) is 25.9 Å². The van der Waals surface area contributed by atoms with Gasteiger partial charge in [-0.05, 0) is 68.0 Å². The van der Waals surface area contributed by atoms with Gasteiger partial charge in [0.25, 0.3) is 0 Å². The summed E-state index contributed by atoms with van der Waals surface area (Å²) in [5, 5.41) is 3.37. The van der Waals surface area contributed by atoms with E-state index >= 15 is 0 Å². The summed E-state index contributed by atoms with van der Waals surface area (Å²) in [4.78, 5) is 38.8. The first-order chi connectivity index (χ1) is 18.8. The molecule has 2 atom stereocenters. The molecule has 8 nitrogen and oxygen atoms in total. The third-order valence-corrected chi connectivity index (χ3v) is 6.93. The number of ether oxygens (including phenoxy) is 4. The van der Waals surface area contributed by atoms with Crippen LogP contribution in [0.2, 0.25) is 0 Å². The fourth-order valence-electron chi connectivity index (χ4n) is 5.24. The van der Waals surface area contributed by atoms with E-state index in [1.807, 2.05) is 45.0 Å². The lowest BCUT2D eigenvalue weighted by atomic mass is 9.71. The molecular formula is C31H35NO7. The highest BCUT2D eigenvalue weighted by Gasteiger charge is 2.41. The molecule has 0 fully saturated rings. The molecular weight excluding hydrogens is 498 g/mol. The number of dihydropyridines is 1. The maximum atomic E-state index is 13.8. The van der Waals surface area contributed by atoms with Gasteiger partial charge < -0.3 is 24.3 Å². The molecule has 0 saturated heterocycles. The number of carbonyl (C=O) groups is 3. The van der Waals surface area contributed by atoms with Gasteiger partial charge in [0.1, 0.15) is 5.75 Å². The second-order valence-corrected chi connectivity index (χ2v) is 9.66. The van der Waals surface area contributed by atoms with Gasteiger partial charge in [-0.2, -0.15) is 0 Å². The van der Waals surface area contributed by atoms with E-state index < -0.39 is 17.9 Å². The highest BCUT2D eigenvalue weighted by atomic mass is 16.6. The maximum absolute atomic E-state index is 13.8. The van der Waals surface area contributed by atoms with Crippen LogP contribution < -0.4 is 19.5 Å². The molecule has 2 aromatic carbocycles. The minimum Gasteiger partial charge on any atom is -0.497 e. The van der Waals surface area contributed by atoms with Crippen molar-refractivity contribution in [3.8, 4) is 17.2 Å². The van der Waals surface area contributed by atoms with Crippen LogP contribution in [0.1, 0.15) is 69.9 Å². The summed E-state index contributed by atoms with van der Waals surface area (Å²) in [5.74, 6) is -0.237. The summed E-state index contributed by atoms with van der Waals surface area (Å²) in [7, 11) is 1.62. The molecule has 39 heavy (non-hydrogen) atoms. The van der Waals surface area contributed by atoms with Crippen LogP contribution in [0.3, 0.4) is 0 Å². The molecule has 0 bridgehead atoms. The topological polar surface area (TPSA) is 100 Å². The summed E-state index contributed by atoms with van der Waals surface area (Å²) in [6.07, 6.45) is 1.60. The first kappa shape index (κ1) is 28.0. The average molecular weight is 534 g/mol. The molecule has 0 aromatic heterocycles. The Labute approximate surface area is 229 Å². The molecule has 4 rings (SSSR count). The molecule has 1 aliphatic heterocycles. The zero-order valence-corrected chi connectivity index (χ0v) is 23.1. The Morgan fingerprint density at radius 1 is 1.00 bits per heavy atom. The Morgan fingerprint density at radius 3 is 2.36 bits per heavy atom. The van der Waals surface area contributed by atoms with Gasteiger partial charge in [0, 0.05) is 36.2 Å². The van der Waals surface area contributed by atoms with E-state index in [2.05, 4.69) is 5.32 Å². The van der Waals surface area contributed by atoms with Crippen LogP contribution in [0.4, 0.5) is 0 Å². The third-order valence-electron chi connectivity index (χ3n) is 6.93. The number of ketones is 1. The van der Waals surface area contributed by atoms with Crippen molar-refractivity contribution in [3.63, 3.8) is 0 Å². The van der Waals surface area contributed by atoms with Crippen LogP contribution in [-0.4, -0.2) is 38.0 Å². The van der Waals surface area contributed by atoms with E-state index in [1.165, 1.54) is 6.92 Å². The highest BCUT2D eigenvalue weighted by Crippen LogP contribution is 2.47. The molecule has 1 aliphatic carbocycles. The lowest BCUT2D eigenvalue weighted by Gasteiger charge is -2.37. The van der Waals surface area contributed by atoms with Crippen molar-refractivity contribution >= 4 is 17.7 Å². The summed E-state index contributed by atoms with van der Waals surface area (Å²) in [6, 6.07) is 12.9. The van der Waals surface area contributed by atoms with E-state index in [9.17, 15) is 14.4 Å². The highest BCUT2D eigenvalue weighted by molar-refractivity contribution is 6.04. The van der Waals surface area contributed by atoms with Crippen molar-refractivity contribution in [1.29, 1.82) is 0 Å². The fourth-order valence-corrected chi connectivity index (χ4v) is 5.24. The van der Waals surface area contributed by atoms with Crippen LogP contribution in [0.15, 0.2) is 65.0 Å². The van der Waals surface area contributed by atoms with Gasteiger partial charge in [-0.1, -0.05) is 25.1 Å². The molecule has 2 aromatic rings. The van der Waals surface area contributed by atoms with Crippen molar-refractivity contribution < 1.29 is 33.3 Å². The van der Waals surface area contributed by atoms with Crippen LogP contribution in [0.5, 0.6) is 17.2 Å². The van der Waals surface area contributed by atoms with Crippen molar-refractivity contribution in [2.24, 2.45) is 0 Å². The number of esters is 2. The van der Waals surface area contributed by atoms with Crippen molar-refractivity contribution in [2.75, 3.05) is 20.3 Å². The minimum atomic E-state index is -0.652. The predicted molar refractivity (Wildman–Crippen MR) is 146 cm³/mol. The zero-order valence-electron chi connectivity index (χ0n) is 23.1. The van der Waals surface area contributed by atoms with Crippen LogP contribution >= 0.6 is 0 Å². The number of Topliss-reactive ketones (excluding diaryl/α,β-unsaturated/α-hetero) is 1. The number of rotatable bonds is 9. The van der Waals surface area contributed by atoms with Crippen molar-refractivity contribution in [2.45, 2.75) is 58.8 Å². The van der Waals surface area contributed by atoms with Gasteiger partial charge in [-0.3, -0.25) is 9.59 Å². The van der Waals surface area contributed by atoms with E-state index in [0.29, 0.717) is 54.0 Å². The SMILES string of the molecule is CCCOC(=O)C1=C(C)NC2=C(C(=O)CC(c3ccc(OC)cc3)C2)C1c1ccc(OC(C)=O)c(OCC)c1. The molecule has 0 amide bonds. The molecule has 8 heteroatoms. The Kier molecular flexibility index (Phi) is 8.74. The maximum Gasteiger partial charge on any atom is 0.336 e. The minimum absolute atomic E-state index is 0.0120. The second-order valence-electron chi connectivity index (χ2n) is 9.66. The van der Waals surface area contributed by atoms with E-state index in [0.717, 1.165) is 17.0 Å². The first-order valence-electron chi connectivity index (χ1n) is 13.3. The number of nitrogens with one attached hydrogen (secondary N) is 1. The Balaban J connectivity index is 1.80. The van der Waals surface area contributed by atoms with Crippen molar-refractivity contribution in [1.82, 2.24) is 5.32 Å². The summed E-state index contributed by atoms with van der Waals surface area (Å²) < 4.78 is 21.9. The van der Waals surface area contributed by atoms with E-state index in [4.69, 9.17) is 18.9 Å². The molecule has 2 aliphatic rings. The quantitative estimate of drug-likeness (QED) is 0.341. The zero-order chi connectivity index (χ0) is 28.1. The summed E-state index contributed by atoms with van der Waals surface area (Å²) in [5.41, 5.74) is 4.11. The molecule has 0 saturated carbocycles. The normalized spacial score (nSPS) is 18.7. The van der Waals surface area contributed by atoms with Gasteiger partial charge in [-0.25, -0.2) is 4.79 Å². The Morgan fingerprint density at radius 2 is 1.72 bits per heavy atom. The van der Waals surface area contributed by atoms with Gasteiger partial charge in [-0.15, -0.1) is 0 Å². The van der Waals surface area contributed by atoms with Crippen LogP contribution in [-0.2, 0) is 19.1 Å². The van der Waals surface area contributed by atoms with Crippen molar-refractivity contribution in [3.05, 3.63) is 76.1 Å². The predicted octanol–water partition coefficient (Wildman–Crippen LogP) is 5.33. The number of methoxy groups -OCH3 is 1.